The van der Waals surface area contributed by atoms with Crippen LogP contribution in [0.3, 0.4) is 0 Å². The Morgan fingerprint density at radius 3 is 2.52 bits per heavy atom. The second kappa shape index (κ2) is 8.96. The third-order valence-corrected chi connectivity index (χ3v) is 7.77. The highest BCUT2D eigenvalue weighted by molar-refractivity contribution is 7.89. The molecule has 1 saturated heterocycles. The van der Waals surface area contributed by atoms with E-state index in [1.165, 1.54) is 16.4 Å². The van der Waals surface area contributed by atoms with Crippen LogP contribution >= 0.6 is 11.6 Å². The maximum Gasteiger partial charge on any atom is 0.258 e. The fourth-order valence-corrected chi connectivity index (χ4v) is 5.69. The van der Waals surface area contributed by atoms with E-state index in [0.29, 0.717) is 19.8 Å². The molecule has 0 aliphatic carbocycles. The molecule has 4 rings (SSSR count). The number of nitrogens with zero attached hydrogens (tertiary/aromatic N) is 2. The first-order chi connectivity index (χ1) is 14.9. The predicted molar refractivity (Wildman–Crippen MR) is 122 cm³/mol. The Kier molecular flexibility index (Phi) is 6.29. The molecular weight excluding hydrogens is 436 g/mol. The fourth-order valence-electron chi connectivity index (χ4n) is 3.78. The van der Waals surface area contributed by atoms with Crippen LogP contribution in [0.1, 0.15) is 17.3 Å². The highest BCUT2D eigenvalue weighted by atomic mass is 35.5. The lowest BCUT2D eigenvalue weighted by Gasteiger charge is -2.27. The molecule has 3 aromatic carbocycles. The van der Waals surface area contributed by atoms with Crippen LogP contribution in [-0.2, 0) is 14.8 Å². The minimum Gasteiger partial charge on any atom is -0.379 e. The first-order valence-electron chi connectivity index (χ1n) is 10.1. The first kappa shape index (κ1) is 21.8. The van der Waals surface area contributed by atoms with Gasteiger partial charge < -0.3 is 9.64 Å². The molecule has 1 aliphatic heterocycles. The van der Waals surface area contributed by atoms with Gasteiger partial charge in [0.05, 0.1) is 23.9 Å². The lowest BCUT2D eigenvalue weighted by atomic mass is 10.1. The van der Waals surface area contributed by atoms with Crippen LogP contribution in [0.2, 0.25) is 5.02 Å². The van der Waals surface area contributed by atoms with Gasteiger partial charge in [-0.05, 0) is 36.6 Å². The average Bonchev–Trinajstić information content (AvgIpc) is 2.80. The Balaban J connectivity index is 1.73. The Labute approximate surface area is 187 Å². The lowest BCUT2D eigenvalue weighted by molar-refractivity contribution is 0.0730. The number of benzene rings is 3. The number of morpholine rings is 1. The van der Waals surface area contributed by atoms with E-state index in [9.17, 15) is 13.2 Å². The summed E-state index contributed by atoms with van der Waals surface area (Å²) in [6, 6.07) is 18.1. The van der Waals surface area contributed by atoms with E-state index in [1.54, 1.807) is 11.0 Å². The number of amides is 1. The highest BCUT2D eigenvalue weighted by Gasteiger charge is 2.30. The summed E-state index contributed by atoms with van der Waals surface area (Å²) in [4.78, 5) is 15.0. The monoisotopic (exact) mass is 458 g/mol. The van der Waals surface area contributed by atoms with E-state index in [4.69, 9.17) is 16.3 Å². The summed E-state index contributed by atoms with van der Waals surface area (Å²) < 4.78 is 32.9. The van der Waals surface area contributed by atoms with E-state index in [1.807, 2.05) is 49.4 Å². The third kappa shape index (κ3) is 4.19. The van der Waals surface area contributed by atoms with Gasteiger partial charge in [0.1, 0.15) is 4.90 Å². The topological polar surface area (TPSA) is 66.9 Å². The van der Waals surface area contributed by atoms with Crippen LogP contribution < -0.4 is 4.90 Å². The zero-order valence-corrected chi connectivity index (χ0v) is 18.7. The van der Waals surface area contributed by atoms with E-state index in [0.717, 1.165) is 16.5 Å². The van der Waals surface area contributed by atoms with Crippen LogP contribution in [0, 0.1) is 0 Å². The second-order valence-corrected chi connectivity index (χ2v) is 9.52. The normalized spacial score (nSPS) is 15.2. The van der Waals surface area contributed by atoms with Crippen LogP contribution in [0.5, 0.6) is 0 Å². The smallest absolute Gasteiger partial charge is 0.258 e. The van der Waals surface area contributed by atoms with Crippen molar-refractivity contribution in [3.8, 4) is 0 Å². The summed E-state index contributed by atoms with van der Waals surface area (Å²) in [6.07, 6.45) is 0. The van der Waals surface area contributed by atoms with Gasteiger partial charge in [0.2, 0.25) is 10.0 Å². The molecular formula is C23H23ClN2O4S. The number of fused-ring (bicyclic) bond motifs is 1. The van der Waals surface area contributed by atoms with Gasteiger partial charge in [0, 0.05) is 30.6 Å². The molecule has 1 fully saturated rings. The lowest BCUT2D eigenvalue weighted by Crippen LogP contribution is -2.40. The molecule has 162 valence electrons. The van der Waals surface area contributed by atoms with Crippen molar-refractivity contribution in [2.75, 3.05) is 37.7 Å². The van der Waals surface area contributed by atoms with Gasteiger partial charge in [-0.25, -0.2) is 8.42 Å². The Bertz CT molecular complexity index is 1220. The van der Waals surface area contributed by atoms with Gasteiger partial charge in [0.15, 0.2) is 0 Å². The minimum atomic E-state index is -3.83. The summed E-state index contributed by atoms with van der Waals surface area (Å²) in [5, 5.41) is 2.07. The molecule has 0 bridgehead atoms. The quantitative estimate of drug-likeness (QED) is 0.575. The predicted octanol–water partition coefficient (Wildman–Crippen LogP) is 4.18. The van der Waals surface area contributed by atoms with E-state index in [-0.39, 0.29) is 34.5 Å². The molecule has 31 heavy (non-hydrogen) atoms. The molecule has 1 amide bonds. The average molecular weight is 459 g/mol. The largest absolute Gasteiger partial charge is 0.379 e. The highest BCUT2D eigenvalue weighted by Crippen LogP contribution is 2.30. The molecule has 1 aliphatic rings. The van der Waals surface area contributed by atoms with Gasteiger partial charge >= 0.3 is 0 Å². The summed E-state index contributed by atoms with van der Waals surface area (Å²) in [5.74, 6) is -0.283. The Morgan fingerprint density at radius 1 is 1.06 bits per heavy atom. The summed E-state index contributed by atoms with van der Waals surface area (Å²) in [7, 11) is -3.83. The van der Waals surface area contributed by atoms with Crippen molar-refractivity contribution in [1.29, 1.82) is 0 Å². The number of sulfonamides is 1. The summed E-state index contributed by atoms with van der Waals surface area (Å²) >= 11 is 6.25. The van der Waals surface area contributed by atoms with Crippen molar-refractivity contribution in [2.45, 2.75) is 11.8 Å². The van der Waals surface area contributed by atoms with Crippen LogP contribution in [0.15, 0.2) is 65.6 Å². The van der Waals surface area contributed by atoms with Crippen molar-refractivity contribution < 1.29 is 17.9 Å². The Hall–Kier alpha value is -2.45. The van der Waals surface area contributed by atoms with Crippen LogP contribution in [0.25, 0.3) is 10.8 Å². The number of hydrogen-bond acceptors (Lipinski definition) is 4. The number of rotatable bonds is 5. The van der Waals surface area contributed by atoms with Crippen molar-refractivity contribution in [3.05, 3.63) is 71.2 Å². The molecule has 0 spiro atoms. The van der Waals surface area contributed by atoms with E-state index < -0.39 is 10.0 Å². The molecule has 0 aromatic heterocycles. The third-order valence-electron chi connectivity index (χ3n) is 5.38. The van der Waals surface area contributed by atoms with Gasteiger partial charge in [-0.15, -0.1) is 0 Å². The summed E-state index contributed by atoms with van der Waals surface area (Å²) in [5.41, 5.74) is 1.05. The Morgan fingerprint density at radius 2 is 1.77 bits per heavy atom. The first-order valence-corrected chi connectivity index (χ1v) is 11.9. The molecule has 8 heteroatoms. The number of carbonyl (C=O) groups is 1. The molecule has 6 nitrogen and oxygen atoms in total. The zero-order chi connectivity index (χ0) is 22.0. The van der Waals surface area contributed by atoms with Crippen molar-refractivity contribution in [3.63, 3.8) is 0 Å². The second-order valence-electron chi connectivity index (χ2n) is 7.21. The molecule has 0 atom stereocenters. The minimum absolute atomic E-state index is 0.0594. The molecule has 0 unspecified atom stereocenters. The molecule has 1 heterocycles. The number of halogens is 1. The van der Waals surface area contributed by atoms with Crippen molar-refractivity contribution in [2.24, 2.45) is 0 Å². The van der Waals surface area contributed by atoms with Gasteiger partial charge in [-0.1, -0.05) is 48.0 Å². The van der Waals surface area contributed by atoms with E-state index in [2.05, 4.69) is 0 Å². The molecule has 0 saturated carbocycles. The number of carbonyl (C=O) groups excluding carboxylic acids is 1. The fraction of sp³-hybridized carbons (Fsp3) is 0.261. The van der Waals surface area contributed by atoms with Gasteiger partial charge in [-0.3, -0.25) is 4.79 Å². The van der Waals surface area contributed by atoms with Crippen LogP contribution in [0.4, 0.5) is 5.69 Å². The zero-order valence-electron chi connectivity index (χ0n) is 17.1. The SMILES string of the molecule is CCN(C(=O)c1ccc(Cl)c(S(=O)(=O)N2CCOCC2)c1)c1cccc2ccccc12. The van der Waals surface area contributed by atoms with E-state index >= 15 is 0 Å². The van der Waals surface area contributed by atoms with Gasteiger partial charge in [0.25, 0.3) is 5.91 Å². The van der Waals surface area contributed by atoms with Crippen LogP contribution in [-0.4, -0.2) is 51.5 Å². The number of ether oxygens (including phenoxy) is 1. The number of hydrogen-bond donors (Lipinski definition) is 0. The standard InChI is InChI=1S/C23H23ClN2O4S/c1-2-26(21-9-5-7-17-6-3-4-8-19(17)21)23(27)18-10-11-20(24)22(16-18)31(28,29)25-12-14-30-15-13-25/h3-11,16H,2,12-15H2,1H3. The molecule has 0 N–H and O–H groups in total. The van der Waals surface area contributed by atoms with Crippen molar-refractivity contribution in [1.82, 2.24) is 4.31 Å². The van der Waals surface area contributed by atoms with Crippen molar-refractivity contribution >= 4 is 44.0 Å². The maximum absolute atomic E-state index is 13.4. The maximum atomic E-state index is 13.4. The summed E-state index contributed by atoms with van der Waals surface area (Å²) in [6.45, 7) is 3.50. The number of anilines is 1. The molecule has 0 radical (unpaired) electrons. The molecule has 3 aromatic rings. The van der Waals surface area contributed by atoms with Gasteiger partial charge in [-0.2, -0.15) is 4.31 Å².